The number of nitrogens with zero attached hydrogens (tertiary/aromatic N) is 2. The van der Waals surface area contributed by atoms with Crippen LogP contribution in [-0.2, 0) is 6.54 Å². The Labute approximate surface area is 124 Å². The summed E-state index contributed by atoms with van der Waals surface area (Å²) < 4.78 is 13.2. The number of H-pyrrole nitrogens is 2. The van der Waals surface area contributed by atoms with Crippen LogP contribution >= 0.6 is 0 Å². The number of halogens is 1. The number of benzene rings is 1. The molecule has 2 heterocycles. The van der Waals surface area contributed by atoms with E-state index in [-0.39, 0.29) is 18.1 Å². The molecule has 0 aliphatic carbocycles. The van der Waals surface area contributed by atoms with Gasteiger partial charge in [0.2, 0.25) is 0 Å². The van der Waals surface area contributed by atoms with Crippen LogP contribution in [0, 0.1) is 5.82 Å². The van der Waals surface area contributed by atoms with Gasteiger partial charge in [-0.1, -0.05) is 12.1 Å². The fourth-order valence-corrected chi connectivity index (χ4v) is 2.04. The van der Waals surface area contributed by atoms with Crippen LogP contribution in [0.15, 0.2) is 36.7 Å². The Morgan fingerprint density at radius 1 is 1.36 bits per heavy atom. The largest absolute Gasteiger partial charge is 0.347 e. The molecule has 0 radical (unpaired) electrons. The lowest BCUT2D eigenvalue weighted by Crippen LogP contribution is -2.16. The Hall–Kier alpha value is -3.00. The van der Waals surface area contributed by atoms with Crippen molar-refractivity contribution >= 4 is 11.7 Å². The molecule has 0 aliphatic heterocycles. The second-order valence-electron chi connectivity index (χ2n) is 4.57. The average Bonchev–Trinajstić information content (AvgIpc) is 3.15. The number of hydrogen-bond acceptors (Lipinski definition) is 4. The van der Waals surface area contributed by atoms with Gasteiger partial charge in [0.25, 0.3) is 5.91 Å². The van der Waals surface area contributed by atoms with Crippen LogP contribution < -0.4 is 11.1 Å². The van der Waals surface area contributed by atoms with Crippen LogP contribution in [0.25, 0.3) is 11.3 Å². The van der Waals surface area contributed by atoms with E-state index in [2.05, 4.69) is 25.5 Å². The highest BCUT2D eigenvalue weighted by atomic mass is 19.1. The fraction of sp³-hybridized carbons (Fsp3) is 0.0714. The molecule has 0 fully saturated rings. The lowest BCUT2D eigenvalue weighted by atomic mass is 10.1. The molecule has 3 aromatic rings. The van der Waals surface area contributed by atoms with Gasteiger partial charge in [-0.25, -0.2) is 9.37 Å². The van der Waals surface area contributed by atoms with E-state index in [1.165, 1.54) is 18.5 Å². The summed E-state index contributed by atoms with van der Waals surface area (Å²) in [6.07, 6.45) is 1.40. The van der Waals surface area contributed by atoms with Crippen molar-refractivity contribution in [2.75, 3.05) is 5.32 Å². The van der Waals surface area contributed by atoms with Crippen molar-refractivity contribution in [3.8, 4) is 11.3 Å². The molecule has 8 heteroatoms. The van der Waals surface area contributed by atoms with Crippen molar-refractivity contribution in [1.82, 2.24) is 20.2 Å². The van der Waals surface area contributed by atoms with Gasteiger partial charge in [0.05, 0.1) is 17.7 Å². The quantitative estimate of drug-likeness (QED) is 0.586. The van der Waals surface area contributed by atoms with Gasteiger partial charge in [0.15, 0.2) is 11.5 Å². The van der Waals surface area contributed by atoms with Gasteiger partial charge in [-0.05, 0) is 12.1 Å². The van der Waals surface area contributed by atoms with Crippen molar-refractivity contribution in [3.05, 3.63) is 53.9 Å². The molecule has 5 N–H and O–H groups in total. The van der Waals surface area contributed by atoms with Gasteiger partial charge in [-0.3, -0.25) is 9.89 Å². The van der Waals surface area contributed by atoms with E-state index in [1.807, 2.05) is 0 Å². The minimum atomic E-state index is -0.418. The van der Waals surface area contributed by atoms with Gasteiger partial charge in [0, 0.05) is 18.2 Å². The fourth-order valence-electron chi connectivity index (χ4n) is 2.04. The predicted molar refractivity (Wildman–Crippen MR) is 78.4 cm³/mol. The third-order valence-corrected chi connectivity index (χ3v) is 3.09. The molecule has 1 aromatic carbocycles. The molecular formula is C14H13FN6O. The molecule has 7 nitrogen and oxygen atoms in total. The smallest absolute Gasteiger partial charge is 0.277 e. The number of nitrogens with two attached hydrogens (primary N) is 1. The van der Waals surface area contributed by atoms with Crippen LogP contribution in [0.5, 0.6) is 0 Å². The molecule has 0 bridgehead atoms. The zero-order valence-corrected chi connectivity index (χ0v) is 11.4. The third-order valence-electron chi connectivity index (χ3n) is 3.09. The molecule has 0 aliphatic rings. The number of amides is 1. The molecular weight excluding hydrogens is 287 g/mol. The topological polar surface area (TPSA) is 112 Å². The number of anilines is 1. The minimum absolute atomic E-state index is 0.178. The first-order valence-corrected chi connectivity index (χ1v) is 6.52. The number of hydrogen-bond donors (Lipinski definition) is 4. The van der Waals surface area contributed by atoms with Crippen molar-refractivity contribution < 1.29 is 9.18 Å². The molecule has 2 aromatic heterocycles. The zero-order chi connectivity index (χ0) is 15.5. The number of carbonyl (C=O) groups is 1. The number of imidazole rings is 1. The highest BCUT2D eigenvalue weighted by Crippen LogP contribution is 2.20. The molecule has 0 spiro atoms. The third kappa shape index (κ3) is 2.72. The maximum absolute atomic E-state index is 13.2. The summed E-state index contributed by atoms with van der Waals surface area (Å²) in [6, 6.07) is 7.68. The monoisotopic (exact) mass is 300 g/mol. The van der Waals surface area contributed by atoms with E-state index in [1.54, 1.807) is 18.2 Å². The van der Waals surface area contributed by atoms with Crippen molar-refractivity contribution in [2.24, 2.45) is 5.73 Å². The Morgan fingerprint density at radius 3 is 3.00 bits per heavy atom. The average molecular weight is 300 g/mol. The second-order valence-corrected chi connectivity index (χ2v) is 4.57. The van der Waals surface area contributed by atoms with Gasteiger partial charge < -0.3 is 16.0 Å². The maximum Gasteiger partial charge on any atom is 0.277 e. The number of nitrogens with one attached hydrogen (secondary N) is 3. The standard InChI is InChI=1S/C14H13FN6O/c15-9-3-1-2-8(4-9)10-5-12(21-20-10)19-14(22)13-11(6-16)17-7-18-13/h1-5,7H,6,16H2,(H,17,18)(H2,19,20,21,22). The van der Waals surface area contributed by atoms with Crippen molar-refractivity contribution in [3.63, 3.8) is 0 Å². The second kappa shape index (κ2) is 5.78. The molecule has 0 atom stereocenters. The van der Waals surface area contributed by atoms with Gasteiger partial charge in [0.1, 0.15) is 5.82 Å². The first kappa shape index (κ1) is 14.0. The molecule has 3 rings (SSSR count). The lowest BCUT2D eigenvalue weighted by molar-refractivity contribution is 0.102. The number of aromatic amines is 2. The first-order valence-electron chi connectivity index (χ1n) is 6.52. The molecule has 0 saturated carbocycles. The molecule has 0 saturated heterocycles. The number of rotatable bonds is 4. The maximum atomic E-state index is 13.2. The highest BCUT2D eigenvalue weighted by molar-refractivity contribution is 6.03. The summed E-state index contributed by atoms with van der Waals surface area (Å²) in [7, 11) is 0. The number of aromatic nitrogens is 4. The molecule has 0 unspecified atom stereocenters. The van der Waals surface area contributed by atoms with E-state index < -0.39 is 5.91 Å². The normalized spacial score (nSPS) is 10.6. The molecule has 1 amide bonds. The van der Waals surface area contributed by atoms with E-state index in [9.17, 15) is 9.18 Å². The Kier molecular flexibility index (Phi) is 3.67. The highest BCUT2D eigenvalue weighted by Gasteiger charge is 2.15. The zero-order valence-electron chi connectivity index (χ0n) is 11.4. The van der Waals surface area contributed by atoms with E-state index in [0.717, 1.165) is 0 Å². The SMILES string of the molecule is NCc1[nH]cnc1C(=O)Nc1cc(-c2cccc(F)c2)[nH]n1. The van der Waals surface area contributed by atoms with E-state index >= 15 is 0 Å². The summed E-state index contributed by atoms with van der Waals surface area (Å²) in [4.78, 5) is 18.8. The van der Waals surface area contributed by atoms with Crippen LogP contribution in [0.4, 0.5) is 10.2 Å². The van der Waals surface area contributed by atoms with Crippen molar-refractivity contribution in [1.29, 1.82) is 0 Å². The summed E-state index contributed by atoms with van der Waals surface area (Å²) in [6.45, 7) is 0.178. The Balaban J connectivity index is 1.79. The van der Waals surface area contributed by atoms with Gasteiger partial charge in [-0.15, -0.1) is 0 Å². The summed E-state index contributed by atoms with van der Waals surface area (Å²) in [5, 5.41) is 9.33. The Morgan fingerprint density at radius 2 is 2.23 bits per heavy atom. The summed E-state index contributed by atoms with van der Waals surface area (Å²) in [5.74, 6) is -0.448. The lowest BCUT2D eigenvalue weighted by Gasteiger charge is -2.00. The molecule has 22 heavy (non-hydrogen) atoms. The van der Waals surface area contributed by atoms with E-state index in [4.69, 9.17) is 5.73 Å². The first-order chi connectivity index (χ1) is 10.7. The minimum Gasteiger partial charge on any atom is -0.347 e. The van der Waals surface area contributed by atoms with Gasteiger partial charge in [-0.2, -0.15) is 5.10 Å². The number of carbonyl (C=O) groups excluding carboxylic acids is 1. The van der Waals surface area contributed by atoms with Crippen LogP contribution in [0.2, 0.25) is 0 Å². The Bertz CT molecular complexity index is 809. The van der Waals surface area contributed by atoms with Crippen LogP contribution in [0.1, 0.15) is 16.2 Å². The summed E-state index contributed by atoms with van der Waals surface area (Å²) in [5.41, 5.74) is 7.50. The summed E-state index contributed by atoms with van der Waals surface area (Å²) >= 11 is 0. The predicted octanol–water partition coefficient (Wildman–Crippen LogP) is 1.65. The van der Waals surface area contributed by atoms with Gasteiger partial charge >= 0.3 is 0 Å². The van der Waals surface area contributed by atoms with Crippen molar-refractivity contribution in [2.45, 2.75) is 6.54 Å². The van der Waals surface area contributed by atoms with Crippen LogP contribution in [0.3, 0.4) is 0 Å². The molecule has 112 valence electrons. The van der Waals surface area contributed by atoms with Crippen LogP contribution in [-0.4, -0.2) is 26.1 Å². The van der Waals surface area contributed by atoms with E-state index in [0.29, 0.717) is 22.8 Å².